The minimum atomic E-state index is -0.355. The van der Waals surface area contributed by atoms with Gasteiger partial charge in [-0.05, 0) is 45.0 Å². The number of benzene rings is 1. The average molecular weight is 262 g/mol. The zero-order valence-electron chi connectivity index (χ0n) is 11.7. The molecule has 0 aliphatic carbocycles. The molecule has 0 spiro atoms. The Bertz CT molecular complexity index is 417. The van der Waals surface area contributed by atoms with Gasteiger partial charge in [0.1, 0.15) is 6.10 Å². The van der Waals surface area contributed by atoms with Gasteiger partial charge in [0.05, 0.1) is 0 Å². The van der Waals surface area contributed by atoms with Gasteiger partial charge in [-0.1, -0.05) is 24.6 Å². The monoisotopic (exact) mass is 262 g/mol. The molecule has 0 aromatic heterocycles. The lowest BCUT2D eigenvalue weighted by atomic mass is 10.1. The molecule has 4 heteroatoms. The van der Waals surface area contributed by atoms with E-state index < -0.39 is 0 Å². The SMILES string of the molecule is CCN1CCCC(OC(=O)Nc2ccc(C)cc2)C1. The fraction of sp³-hybridized carbons (Fsp3) is 0.533. The molecule has 1 aromatic rings. The second kappa shape index (κ2) is 6.57. The molecular formula is C15H22N2O2. The highest BCUT2D eigenvalue weighted by atomic mass is 16.6. The molecule has 1 saturated heterocycles. The number of rotatable bonds is 3. The van der Waals surface area contributed by atoms with Crippen LogP contribution in [0.3, 0.4) is 0 Å². The number of piperidine rings is 1. The summed E-state index contributed by atoms with van der Waals surface area (Å²) in [6.07, 6.45) is 1.71. The van der Waals surface area contributed by atoms with E-state index in [0.717, 1.165) is 38.2 Å². The van der Waals surface area contributed by atoms with Crippen molar-refractivity contribution >= 4 is 11.8 Å². The zero-order valence-corrected chi connectivity index (χ0v) is 11.7. The van der Waals surface area contributed by atoms with Gasteiger partial charge in [0.2, 0.25) is 0 Å². The van der Waals surface area contributed by atoms with Crippen molar-refractivity contribution in [2.24, 2.45) is 0 Å². The van der Waals surface area contributed by atoms with E-state index in [2.05, 4.69) is 17.1 Å². The summed E-state index contributed by atoms with van der Waals surface area (Å²) < 4.78 is 5.47. The normalized spacial score (nSPS) is 20.0. The van der Waals surface area contributed by atoms with Gasteiger partial charge in [-0.25, -0.2) is 4.79 Å². The van der Waals surface area contributed by atoms with Crippen molar-refractivity contribution in [3.63, 3.8) is 0 Å². The molecule has 1 unspecified atom stereocenters. The van der Waals surface area contributed by atoms with Crippen molar-refractivity contribution < 1.29 is 9.53 Å². The molecule has 0 saturated carbocycles. The lowest BCUT2D eigenvalue weighted by Gasteiger charge is -2.31. The smallest absolute Gasteiger partial charge is 0.411 e. The van der Waals surface area contributed by atoms with E-state index in [-0.39, 0.29) is 12.2 Å². The first-order valence-electron chi connectivity index (χ1n) is 6.94. The predicted molar refractivity (Wildman–Crippen MR) is 76.4 cm³/mol. The van der Waals surface area contributed by atoms with Crippen LogP contribution in [0.1, 0.15) is 25.3 Å². The largest absolute Gasteiger partial charge is 0.445 e. The molecule has 0 bridgehead atoms. The number of ether oxygens (including phenoxy) is 1. The molecule has 1 aliphatic heterocycles. The Morgan fingerprint density at radius 2 is 2.16 bits per heavy atom. The molecule has 19 heavy (non-hydrogen) atoms. The van der Waals surface area contributed by atoms with Crippen molar-refractivity contribution in [3.05, 3.63) is 29.8 Å². The number of likely N-dealkylation sites (tertiary alicyclic amines) is 1. The number of carbonyl (C=O) groups is 1. The van der Waals surface area contributed by atoms with Gasteiger partial charge in [0.25, 0.3) is 0 Å². The molecule has 1 heterocycles. The third-order valence-corrected chi connectivity index (χ3v) is 3.48. The summed E-state index contributed by atoms with van der Waals surface area (Å²) >= 11 is 0. The minimum Gasteiger partial charge on any atom is -0.445 e. The van der Waals surface area contributed by atoms with Gasteiger partial charge in [0.15, 0.2) is 0 Å². The number of nitrogens with zero attached hydrogens (tertiary/aromatic N) is 1. The number of nitrogens with one attached hydrogen (secondary N) is 1. The van der Waals surface area contributed by atoms with Gasteiger partial charge in [-0.3, -0.25) is 10.2 Å². The van der Waals surface area contributed by atoms with Crippen LogP contribution in [0, 0.1) is 6.92 Å². The van der Waals surface area contributed by atoms with Crippen molar-refractivity contribution in [3.8, 4) is 0 Å². The highest BCUT2D eigenvalue weighted by molar-refractivity contribution is 5.84. The van der Waals surface area contributed by atoms with Gasteiger partial charge >= 0.3 is 6.09 Å². The molecule has 1 atom stereocenters. The molecular weight excluding hydrogens is 240 g/mol. The van der Waals surface area contributed by atoms with Gasteiger partial charge in [-0.2, -0.15) is 0 Å². The van der Waals surface area contributed by atoms with E-state index in [9.17, 15) is 4.79 Å². The predicted octanol–water partition coefficient (Wildman–Crippen LogP) is 3.03. The van der Waals surface area contributed by atoms with Gasteiger partial charge < -0.3 is 4.74 Å². The van der Waals surface area contributed by atoms with Crippen LogP contribution in [0.5, 0.6) is 0 Å². The van der Waals surface area contributed by atoms with Crippen LogP contribution in [-0.2, 0) is 4.74 Å². The Labute approximate surface area is 114 Å². The van der Waals surface area contributed by atoms with Crippen LogP contribution in [0.2, 0.25) is 0 Å². The molecule has 104 valence electrons. The second-order valence-electron chi connectivity index (χ2n) is 5.05. The van der Waals surface area contributed by atoms with Gasteiger partial charge in [-0.15, -0.1) is 0 Å². The molecule has 1 aliphatic rings. The Morgan fingerprint density at radius 1 is 1.42 bits per heavy atom. The molecule has 2 rings (SSSR count). The van der Waals surface area contributed by atoms with Crippen LogP contribution in [0.15, 0.2) is 24.3 Å². The van der Waals surface area contributed by atoms with Crippen molar-refractivity contribution in [1.29, 1.82) is 0 Å². The third-order valence-electron chi connectivity index (χ3n) is 3.48. The maximum Gasteiger partial charge on any atom is 0.411 e. The zero-order chi connectivity index (χ0) is 13.7. The maximum atomic E-state index is 11.8. The number of amides is 1. The molecule has 1 N–H and O–H groups in total. The summed E-state index contributed by atoms with van der Waals surface area (Å²) in [5.74, 6) is 0. The minimum absolute atomic E-state index is 0.0131. The van der Waals surface area contributed by atoms with Crippen LogP contribution in [-0.4, -0.2) is 36.7 Å². The van der Waals surface area contributed by atoms with Crippen molar-refractivity contribution in [2.45, 2.75) is 32.8 Å². The van der Waals surface area contributed by atoms with Crippen molar-refractivity contribution in [2.75, 3.05) is 25.0 Å². The Kier molecular flexibility index (Phi) is 4.80. The van der Waals surface area contributed by atoms with E-state index in [1.165, 1.54) is 5.56 Å². The van der Waals surface area contributed by atoms with E-state index in [1.807, 2.05) is 31.2 Å². The number of anilines is 1. The number of hydrogen-bond donors (Lipinski definition) is 1. The summed E-state index contributed by atoms with van der Waals surface area (Å²) in [4.78, 5) is 14.1. The lowest BCUT2D eigenvalue weighted by molar-refractivity contribution is 0.0520. The highest BCUT2D eigenvalue weighted by Crippen LogP contribution is 2.14. The summed E-state index contributed by atoms with van der Waals surface area (Å²) in [6.45, 7) is 7.12. The number of likely N-dealkylation sites (N-methyl/N-ethyl adjacent to an activating group) is 1. The fourth-order valence-corrected chi connectivity index (χ4v) is 2.33. The Morgan fingerprint density at radius 3 is 2.84 bits per heavy atom. The number of aryl methyl sites for hydroxylation is 1. The summed E-state index contributed by atoms with van der Waals surface area (Å²) in [5, 5.41) is 2.77. The van der Waals surface area contributed by atoms with Crippen LogP contribution < -0.4 is 5.32 Å². The standard InChI is InChI=1S/C15H22N2O2/c1-3-17-10-4-5-14(11-17)19-15(18)16-13-8-6-12(2)7-9-13/h6-9,14H,3-5,10-11H2,1-2H3,(H,16,18). The first-order valence-corrected chi connectivity index (χ1v) is 6.94. The third kappa shape index (κ3) is 4.24. The molecule has 1 aromatic carbocycles. The van der Waals surface area contributed by atoms with E-state index in [1.54, 1.807) is 0 Å². The molecule has 4 nitrogen and oxygen atoms in total. The Balaban J connectivity index is 1.82. The molecule has 1 fully saturated rings. The molecule has 1 amide bonds. The maximum absolute atomic E-state index is 11.8. The quantitative estimate of drug-likeness (QED) is 0.910. The van der Waals surface area contributed by atoms with E-state index in [4.69, 9.17) is 4.74 Å². The van der Waals surface area contributed by atoms with Gasteiger partial charge in [0, 0.05) is 12.2 Å². The van der Waals surface area contributed by atoms with E-state index in [0.29, 0.717) is 0 Å². The van der Waals surface area contributed by atoms with Crippen molar-refractivity contribution in [1.82, 2.24) is 4.90 Å². The first-order chi connectivity index (χ1) is 9.17. The first kappa shape index (κ1) is 13.9. The Hall–Kier alpha value is -1.55. The number of carbonyl (C=O) groups excluding carboxylic acids is 1. The summed E-state index contributed by atoms with van der Waals surface area (Å²) in [5.41, 5.74) is 1.95. The van der Waals surface area contributed by atoms with Crippen LogP contribution in [0.4, 0.5) is 10.5 Å². The van der Waals surface area contributed by atoms with Crippen LogP contribution in [0.25, 0.3) is 0 Å². The molecule has 0 radical (unpaired) electrons. The second-order valence-corrected chi connectivity index (χ2v) is 5.05. The fourth-order valence-electron chi connectivity index (χ4n) is 2.33. The van der Waals surface area contributed by atoms with Crippen LogP contribution >= 0.6 is 0 Å². The number of hydrogen-bond acceptors (Lipinski definition) is 3. The lowest BCUT2D eigenvalue weighted by Crippen LogP contribution is -2.40. The van der Waals surface area contributed by atoms with E-state index >= 15 is 0 Å². The summed E-state index contributed by atoms with van der Waals surface area (Å²) in [7, 11) is 0. The summed E-state index contributed by atoms with van der Waals surface area (Å²) in [6, 6.07) is 7.70. The average Bonchev–Trinajstić information content (AvgIpc) is 2.41. The topological polar surface area (TPSA) is 41.6 Å². The highest BCUT2D eigenvalue weighted by Gasteiger charge is 2.21.